The molecule has 1 aliphatic rings. The Labute approximate surface area is 115 Å². The van der Waals surface area contributed by atoms with Gasteiger partial charge >= 0.3 is 0 Å². The Morgan fingerprint density at radius 1 is 1.45 bits per heavy atom. The number of amides is 2. The predicted molar refractivity (Wildman–Crippen MR) is 71.0 cm³/mol. The summed E-state index contributed by atoms with van der Waals surface area (Å²) in [6, 6.07) is 2.67. The number of hydrogen-bond donors (Lipinski definition) is 1. The molecular weight excluding hydrogens is 263 g/mol. The van der Waals surface area contributed by atoms with Crippen LogP contribution in [0.25, 0.3) is 0 Å². The van der Waals surface area contributed by atoms with Gasteiger partial charge in [-0.1, -0.05) is 6.08 Å². The second-order valence-electron chi connectivity index (χ2n) is 4.46. The molecular formula is C14H13FN2O3. The van der Waals surface area contributed by atoms with Crippen LogP contribution in [0.15, 0.2) is 24.8 Å². The number of Topliss-reactive ketones (excluding diaryl/α,β-unsaturated/α-hetero) is 1. The first-order valence-electron chi connectivity index (χ1n) is 5.99. The minimum Gasteiger partial charge on any atom is -0.351 e. The van der Waals surface area contributed by atoms with Crippen molar-refractivity contribution in [1.29, 1.82) is 0 Å². The van der Waals surface area contributed by atoms with Crippen molar-refractivity contribution in [2.75, 3.05) is 18.0 Å². The van der Waals surface area contributed by atoms with Gasteiger partial charge in [0.15, 0.2) is 0 Å². The van der Waals surface area contributed by atoms with Crippen LogP contribution in [0.4, 0.5) is 10.1 Å². The van der Waals surface area contributed by atoms with Gasteiger partial charge in [-0.3, -0.25) is 19.3 Å². The number of benzene rings is 1. The number of nitrogens with one attached hydrogen (secondary N) is 1. The molecule has 0 aromatic heterocycles. The van der Waals surface area contributed by atoms with Gasteiger partial charge in [-0.15, -0.1) is 6.58 Å². The molecule has 6 heteroatoms. The minimum absolute atomic E-state index is 0.00372. The third-order valence-electron chi connectivity index (χ3n) is 2.91. The lowest BCUT2D eigenvalue weighted by molar-refractivity contribution is -0.122. The molecule has 0 bridgehead atoms. The van der Waals surface area contributed by atoms with Crippen LogP contribution < -0.4 is 10.2 Å². The van der Waals surface area contributed by atoms with Crippen LogP contribution >= 0.6 is 0 Å². The number of aryl methyl sites for hydroxylation is 1. The lowest BCUT2D eigenvalue weighted by Crippen LogP contribution is -2.40. The van der Waals surface area contributed by atoms with Gasteiger partial charge in [0, 0.05) is 6.54 Å². The Hall–Kier alpha value is -2.50. The zero-order valence-corrected chi connectivity index (χ0v) is 10.9. The average Bonchev–Trinajstić information content (AvgIpc) is 2.62. The van der Waals surface area contributed by atoms with Crippen LogP contribution in [0.1, 0.15) is 15.9 Å². The first-order chi connectivity index (χ1) is 9.45. The average molecular weight is 276 g/mol. The van der Waals surface area contributed by atoms with Crippen molar-refractivity contribution >= 4 is 23.3 Å². The molecule has 1 aliphatic heterocycles. The van der Waals surface area contributed by atoms with Crippen LogP contribution in [-0.2, 0) is 9.59 Å². The van der Waals surface area contributed by atoms with E-state index in [-0.39, 0.29) is 17.8 Å². The zero-order valence-electron chi connectivity index (χ0n) is 10.9. The van der Waals surface area contributed by atoms with Crippen molar-refractivity contribution in [2.24, 2.45) is 0 Å². The monoisotopic (exact) mass is 276 g/mol. The van der Waals surface area contributed by atoms with Crippen LogP contribution in [0, 0.1) is 12.7 Å². The summed E-state index contributed by atoms with van der Waals surface area (Å²) >= 11 is 0. The standard InChI is InChI=1S/C14H13FN2O3/c1-3-4-16-11(18)7-17-12-9(13(19)14(17)20)5-8(2)6-10(12)15/h3,5-6H,1,4,7H2,2H3,(H,16,18). The summed E-state index contributed by atoms with van der Waals surface area (Å²) < 4.78 is 14.0. The lowest BCUT2D eigenvalue weighted by atomic mass is 10.1. The van der Waals surface area contributed by atoms with E-state index < -0.39 is 30.0 Å². The third kappa shape index (κ3) is 2.32. The molecule has 2 rings (SSSR count). The summed E-state index contributed by atoms with van der Waals surface area (Å²) in [4.78, 5) is 36.1. The maximum Gasteiger partial charge on any atom is 0.300 e. The summed E-state index contributed by atoms with van der Waals surface area (Å²) in [5, 5.41) is 2.47. The summed E-state index contributed by atoms with van der Waals surface area (Å²) in [6.45, 7) is 4.90. The summed E-state index contributed by atoms with van der Waals surface area (Å²) in [7, 11) is 0. The number of anilines is 1. The molecule has 1 heterocycles. The topological polar surface area (TPSA) is 66.5 Å². The molecule has 5 nitrogen and oxygen atoms in total. The fraction of sp³-hybridized carbons (Fsp3) is 0.214. The van der Waals surface area contributed by atoms with Crippen molar-refractivity contribution in [2.45, 2.75) is 6.92 Å². The van der Waals surface area contributed by atoms with Gasteiger partial charge in [-0.2, -0.15) is 0 Å². The van der Waals surface area contributed by atoms with Gasteiger partial charge in [0.2, 0.25) is 5.91 Å². The van der Waals surface area contributed by atoms with E-state index in [1.165, 1.54) is 18.2 Å². The second kappa shape index (κ2) is 5.24. The fourth-order valence-corrected chi connectivity index (χ4v) is 2.06. The van der Waals surface area contributed by atoms with Gasteiger partial charge in [-0.05, 0) is 24.6 Å². The van der Waals surface area contributed by atoms with Crippen LogP contribution in [0.5, 0.6) is 0 Å². The summed E-state index contributed by atoms with van der Waals surface area (Å²) in [5.74, 6) is -2.85. The second-order valence-corrected chi connectivity index (χ2v) is 4.46. The van der Waals surface area contributed by atoms with Gasteiger partial charge in [0.05, 0.1) is 11.3 Å². The molecule has 20 heavy (non-hydrogen) atoms. The van der Waals surface area contributed by atoms with Crippen LogP contribution in [-0.4, -0.2) is 30.7 Å². The Balaban J connectivity index is 2.33. The SMILES string of the molecule is C=CCNC(=O)CN1C(=O)C(=O)c2cc(C)cc(F)c21. The Bertz CT molecular complexity index is 625. The zero-order chi connectivity index (χ0) is 14.9. The van der Waals surface area contributed by atoms with E-state index in [4.69, 9.17) is 0 Å². The molecule has 0 spiro atoms. The highest BCUT2D eigenvalue weighted by Gasteiger charge is 2.39. The molecule has 0 fully saturated rings. The van der Waals surface area contributed by atoms with E-state index in [1.807, 2.05) is 0 Å². The Morgan fingerprint density at radius 2 is 2.15 bits per heavy atom. The predicted octanol–water partition coefficient (Wildman–Crippen LogP) is 0.966. The molecule has 0 saturated carbocycles. The molecule has 1 N–H and O–H groups in total. The van der Waals surface area contributed by atoms with E-state index >= 15 is 0 Å². The first-order valence-corrected chi connectivity index (χ1v) is 5.99. The molecule has 1 aromatic carbocycles. The third-order valence-corrected chi connectivity index (χ3v) is 2.91. The highest BCUT2D eigenvalue weighted by atomic mass is 19.1. The van der Waals surface area contributed by atoms with E-state index in [9.17, 15) is 18.8 Å². The molecule has 0 aliphatic carbocycles. The highest BCUT2D eigenvalue weighted by molar-refractivity contribution is 6.52. The quantitative estimate of drug-likeness (QED) is 0.658. The number of carbonyl (C=O) groups is 3. The smallest absolute Gasteiger partial charge is 0.300 e. The maximum absolute atomic E-state index is 14.0. The molecule has 1 aromatic rings. The highest BCUT2D eigenvalue weighted by Crippen LogP contribution is 2.32. The Morgan fingerprint density at radius 3 is 2.80 bits per heavy atom. The van der Waals surface area contributed by atoms with E-state index in [0.717, 1.165) is 4.90 Å². The largest absolute Gasteiger partial charge is 0.351 e. The van der Waals surface area contributed by atoms with E-state index in [2.05, 4.69) is 11.9 Å². The van der Waals surface area contributed by atoms with Crippen LogP contribution in [0.2, 0.25) is 0 Å². The molecule has 0 radical (unpaired) electrons. The van der Waals surface area contributed by atoms with Crippen molar-refractivity contribution in [3.05, 3.63) is 41.7 Å². The lowest BCUT2D eigenvalue weighted by Gasteiger charge is -2.16. The number of nitrogens with zero attached hydrogens (tertiary/aromatic N) is 1. The summed E-state index contributed by atoms with van der Waals surface area (Å²) in [5.41, 5.74) is 0.420. The Kier molecular flexibility index (Phi) is 3.65. The number of hydrogen-bond acceptors (Lipinski definition) is 3. The molecule has 0 unspecified atom stereocenters. The molecule has 0 saturated heterocycles. The minimum atomic E-state index is -0.891. The van der Waals surface area contributed by atoms with E-state index in [0.29, 0.717) is 5.56 Å². The molecule has 0 atom stereocenters. The number of rotatable bonds is 4. The number of ketones is 1. The number of carbonyl (C=O) groups excluding carboxylic acids is 3. The van der Waals surface area contributed by atoms with E-state index in [1.54, 1.807) is 6.92 Å². The van der Waals surface area contributed by atoms with Crippen molar-refractivity contribution in [1.82, 2.24) is 5.32 Å². The van der Waals surface area contributed by atoms with Gasteiger partial charge < -0.3 is 5.32 Å². The first kappa shape index (κ1) is 13.9. The van der Waals surface area contributed by atoms with Crippen molar-refractivity contribution in [3.8, 4) is 0 Å². The van der Waals surface area contributed by atoms with Crippen LogP contribution in [0.3, 0.4) is 0 Å². The maximum atomic E-state index is 14.0. The fourth-order valence-electron chi connectivity index (χ4n) is 2.06. The van der Waals surface area contributed by atoms with Crippen molar-refractivity contribution < 1.29 is 18.8 Å². The van der Waals surface area contributed by atoms with Gasteiger partial charge in [0.25, 0.3) is 11.7 Å². The normalized spacial score (nSPS) is 13.4. The number of halogens is 1. The van der Waals surface area contributed by atoms with Gasteiger partial charge in [-0.25, -0.2) is 4.39 Å². The number of fused-ring (bicyclic) bond motifs is 1. The van der Waals surface area contributed by atoms with Crippen molar-refractivity contribution in [3.63, 3.8) is 0 Å². The summed E-state index contributed by atoms with van der Waals surface area (Å²) in [6.07, 6.45) is 1.48. The molecule has 104 valence electrons. The van der Waals surface area contributed by atoms with Gasteiger partial charge in [0.1, 0.15) is 12.4 Å². The molecule has 2 amide bonds.